The van der Waals surface area contributed by atoms with Gasteiger partial charge in [-0.05, 0) is 99.2 Å². The summed E-state index contributed by atoms with van der Waals surface area (Å²) in [6.45, 7) is 0. The van der Waals surface area contributed by atoms with E-state index in [0.717, 1.165) is 18.8 Å². The summed E-state index contributed by atoms with van der Waals surface area (Å²) in [7, 11) is 0. The number of nitrogens with zero attached hydrogens (tertiary/aromatic N) is 2. The van der Waals surface area contributed by atoms with Crippen LogP contribution in [0.15, 0.2) is 125 Å². The average Bonchev–Trinajstić information content (AvgIpc) is 3.48. The van der Waals surface area contributed by atoms with E-state index in [1.54, 1.807) is 11.1 Å². The first-order valence-electron chi connectivity index (χ1n) is 18.2. The largest absolute Gasteiger partial charge is 0.286 e. The lowest BCUT2D eigenvalue weighted by Gasteiger charge is -2.48. The Kier molecular flexibility index (Phi) is 7.75. The van der Waals surface area contributed by atoms with Crippen LogP contribution in [0.4, 0.5) is 0 Å². The minimum Gasteiger partial charge on any atom is -0.286 e. The third-order valence-corrected chi connectivity index (χ3v) is 13.8. The van der Waals surface area contributed by atoms with Crippen LogP contribution in [0.5, 0.6) is 0 Å². The van der Waals surface area contributed by atoms with E-state index in [-0.39, 0.29) is 0 Å². The number of thioether (sulfide) groups is 1. The molecule has 2 heterocycles. The Bertz CT molecular complexity index is 1540. The number of fused-ring (bicyclic) bond motifs is 7. The monoisotopic (exact) mass is 612 g/mol. The molecular weight excluding hydrogens is 565 g/mol. The first kappa shape index (κ1) is 28.6. The van der Waals surface area contributed by atoms with Crippen molar-refractivity contribution >= 4 is 16.8 Å². The summed E-state index contributed by atoms with van der Waals surface area (Å²) in [5.74, 6) is 3.16. The highest BCUT2D eigenvalue weighted by molar-refractivity contribution is 8.15. The molecule has 0 aromatic heterocycles. The summed E-state index contributed by atoms with van der Waals surface area (Å²) < 4.78 is 0. The summed E-state index contributed by atoms with van der Waals surface area (Å²) in [6.07, 6.45) is 52.7. The van der Waals surface area contributed by atoms with E-state index in [2.05, 4.69) is 114 Å². The molecule has 0 amide bonds. The lowest BCUT2D eigenvalue weighted by Crippen LogP contribution is -2.52. The zero-order chi connectivity index (χ0) is 29.7. The van der Waals surface area contributed by atoms with Gasteiger partial charge in [-0.15, -0.1) is 0 Å². The highest BCUT2D eigenvalue weighted by atomic mass is 32.2. The summed E-state index contributed by atoms with van der Waals surface area (Å²) in [5.41, 5.74) is 6.50. The van der Waals surface area contributed by atoms with Crippen molar-refractivity contribution < 1.29 is 0 Å². The van der Waals surface area contributed by atoms with Crippen molar-refractivity contribution in [3.05, 3.63) is 120 Å². The van der Waals surface area contributed by atoms with Crippen molar-refractivity contribution in [1.82, 2.24) is 4.90 Å². The fourth-order valence-electron chi connectivity index (χ4n) is 10.6. The van der Waals surface area contributed by atoms with E-state index in [9.17, 15) is 0 Å². The molecule has 2 nitrogen and oxygen atoms in total. The van der Waals surface area contributed by atoms with Crippen molar-refractivity contribution in [3.63, 3.8) is 0 Å². The van der Waals surface area contributed by atoms with E-state index in [0.29, 0.717) is 53.1 Å². The quantitative estimate of drug-likeness (QED) is 0.294. The van der Waals surface area contributed by atoms with Crippen molar-refractivity contribution in [1.29, 1.82) is 0 Å². The molecule has 45 heavy (non-hydrogen) atoms. The molecule has 10 atom stereocenters. The third-order valence-electron chi connectivity index (χ3n) is 12.5. The van der Waals surface area contributed by atoms with Crippen LogP contribution >= 0.6 is 11.8 Å². The molecule has 0 bridgehead atoms. The van der Waals surface area contributed by atoms with Gasteiger partial charge >= 0.3 is 0 Å². The molecule has 1 saturated heterocycles. The van der Waals surface area contributed by atoms with Crippen LogP contribution in [0, 0.1) is 29.6 Å². The Morgan fingerprint density at radius 3 is 2.64 bits per heavy atom. The van der Waals surface area contributed by atoms with Crippen molar-refractivity contribution in [2.75, 3.05) is 0 Å². The van der Waals surface area contributed by atoms with Crippen LogP contribution in [0.2, 0.25) is 0 Å². The van der Waals surface area contributed by atoms with Gasteiger partial charge in [-0.25, -0.2) is 0 Å². The van der Waals surface area contributed by atoms with Crippen LogP contribution < -0.4 is 0 Å². The van der Waals surface area contributed by atoms with Crippen LogP contribution in [-0.2, 0) is 0 Å². The van der Waals surface area contributed by atoms with Crippen LogP contribution in [0.25, 0.3) is 0 Å². The lowest BCUT2D eigenvalue weighted by atomic mass is 9.61. The Balaban J connectivity index is 1.05. The van der Waals surface area contributed by atoms with E-state index in [1.807, 2.05) is 5.57 Å². The first-order valence-corrected chi connectivity index (χ1v) is 19.0. The third kappa shape index (κ3) is 5.08. The van der Waals surface area contributed by atoms with Crippen LogP contribution in [-0.4, -0.2) is 39.4 Å². The molecule has 1 fully saturated rings. The van der Waals surface area contributed by atoms with Gasteiger partial charge in [0.1, 0.15) is 0 Å². The van der Waals surface area contributed by atoms with E-state index >= 15 is 0 Å². The minimum absolute atomic E-state index is 0.396. The van der Waals surface area contributed by atoms with Crippen molar-refractivity contribution in [2.45, 2.75) is 100 Å². The second kappa shape index (κ2) is 12.2. The molecule has 2 aliphatic heterocycles. The Morgan fingerprint density at radius 2 is 1.73 bits per heavy atom. The molecule has 9 aliphatic rings. The molecule has 0 N–H and O–H groups in total. The van der Waals surface area contributed by atoms with Gasteiger partial charge in [0.2, 0.25) is 0 Å². The molecular formula is C42H48N2S. The summed E-state index contributed by atoms with van der Waals surface area (Å²) in [6, 6.07) is 2.04. The molecule has 232 valence electrons. The van der Waals surface area contributed by atoms with E-state index in [1.165, 1.54) is 68.4 Å². The second-order valence-electron chi connectivity index (χ2n) is 14.8. The Hall–Kier alpha value is -2.62. The van der Waals surface area contributed by atoms with Gasteiger partial charge < -0.3 is 0 Å². The highest BCUT2D eigenvalue weighted by Crippen LogP contribution is 2.57. The maximum atomic E-state index is 5.64. The molecule has 0 saturated carbocycles. The zero-order valence-electron chi connectivity index (χ0n) is 26.6. The number of hydrogen-bond donors (Lipinski definition) is 0. The van der Waals surface area contributed by atoms with Gasteiger partial charge in [-0.3, -0.25) is 9.89 Å². The summed E-state index contributed by atoms with van der Waals surface area (Å²) in [5, 5.41) is 1.86. The number of rotatable bonds is 4. The lowest BCUT2D eigenvalue weighted by molar-refractivity contribution is 0.0950. The maximum absolute atomic E-state index is 5.64. The molecule has 0 spiro atoms. The van der Waals surface area contributed by atoms with Gasteiger partial charge in [-0.1, -0.05) is 115 Å². The predicted molar refractivity (Wildman–Crippen MR) is 191 cm³/mol. The fourth-order valence-corrected chi connectivity index (χ4v) is 12.0. The summed E-state index contributed by atoms with van der Waals surface area (Å²) >= 11 is 2.06. The van der Waals surface area contributed by atoms with Crippen LogP contribution in [0.1, 0.15) is 70.6 Å². The highest BCUT2D eigenvalue weighted by Gasteiger charge is 2.57. The van der Waals surface area contributed by atoms with Crippen LogP contribution in [0.3, 0.4) is 0 Å². The minimum atomic E-state index is 0.396. The molecule has 9 rings (SSSR count). The fraction of sp³-hybridized carbons (Fsp3) is 0.500. The molecule has 10 unspecified atom stereocenters. The average molecular weight is 613 g/mol. The molecule has 3 heteroatoms. The van der Waals surface area contributed by atoms with Gasteiger partial charge in [0.15, 0.2) is 0 Å². The normalized spacial score (nSPS) is 41.6. The standard InChI is InChI=1S/C42H48N2S/c1-3-14-28(15-4-1)39-27-37(43-42(45-39)29-16-5-2-6-17-29)30-18-13-19-31(26-30)44-38-25-12-11-24-36(38)40-34-22-9-7-20-32(34)33-21-8-10-23-35(33)41(40)44/h2-3,5,7-8,10,12-16,19-21,23,25,30-31,33,35-41H,1,4,6,9,11,17-18,22,24,26-27H2. The maximum Gasteiger partial charge on any atom is 0.0945 e. The van der Waals surface area contributed by atoms with E-state index in [4.69, 9.17) is 4.99 Å². The SMILES string of the molecule is C1=CCCC(C2=NC(C3CC=CC(N4C5C=CCCC5C5C6=C(C=CCC6)C6C=CC=CC6C54)C3)CC(C3=CCCC=C3)S2)=C1. The topological polar surface area (TPSA) is 15.6 Å². The van der Waals surface area contributed by atoms with Gasteiger partial charge in [0.05, 0.1) is 11.1 Å². The Labute approximate surface area is 275 Å². The van der Waals surface area contributed by atoms with Crippen molar-refractivity contribution in [3.8, 4) is 0 Å². The van der Waals surface area contributed by atoms with E-state index < -0.39 is 0 Å². The number of allylic oxidation sites excluding steroid dienone is 14. The number of hydrogen-bond acceptors (Lipinski definition) is 3. The number of likely N-dealkylation sites (tertiary alicyclic amines) is 1. The first-order chi connectivity index (χ1) is 22.3. The second-order valence-corrected chi connectivity index (χ2v) is 16.0. The number of aliphatic imine (C=N–C) groups is 1. The van der Waals surface area contributed by atoms with Gasteiger partial charge in [-0.2, -0.15) is 0 Å². The molecule has 0 aromatic rings. The van der Waals surface area contributed by atoms with Crippen molar-refractivity contribution in [2.24, 2.45) is 34.6 Å². The molecule has 0 aromatic carbocycles. The van der Waals surface area contributed by atoms with Gasteiger partial charge in [0.25, 0.3) is 0 Å². The Morgan fingerprint density at radius 1 is 0.800 bits per heavy atom. The predicted octanol–water partition coefficient (Wildman–Crippen LogP) is 9.80. The molecule has 0 radical (unpaired) electrons. The molecule has 7 aliphatic carbocycles. The van der Waals surface area contributed by atoms with Gasteiger partial charge in [0, 0.05) is 41.1 Å². The summed E-state index contributed by atoms with van der Waals surface area (Å²) in [4.78, 5) is 8.71. The smallest absolute Gasteiger partial charge is 0.0945 e. The zero-order valence-corrected chi connectivity index (χ0v) is 27.4.